The zero-order chi connectivity index (χ0) is 16.2. The second-order valence-electron chi connectivity index (χ2n) is 7.30. The van der Waals surface area contributed by atoms with Gasteiger partial charge in [-0.05, 0) is 63.4 Å². The third-order valence-corrected chi connectivity index (χ3v) is 5.61. The number of carbonyl (C=O) groups is 1. The van der Waals surface area contributed by atoms with Gasteiger partial charge in [0.05, 0.1) is 5.92 Å². The number of hydrogen-bond donors (Lipinski definition) is 1. The average Bonchev–Trinajstić information content (AvgIpc) is 3.42. The maximum absolute atomic E-state index is 13.1. The van der Waals surface area contributed by atoms with Crippen molar-refractivity contribution < 1.29 is 9.90 Å². The molecule has 2 aliphatic carbocycles. The van der Waals surface area contributed by atoms with E-state index in [-0.39, 0.29) is 5.92 Å². The predicted molar refractivity (Wildman–Crippen MR) is 92.2 cm³/mol. The Hall–Kier alpha value is -1.35. The molecule has 0 heterocycles. The van der Waals surface area contributed by atoms with Gasteiger partial charge in [0.2, 0.25) is 5.91 Å². The molecule has 3 rings (SSSR count). The Kier molecular flexibility index (Phi) is 5.37. The van der Waals surface area contributed by atoms with Gasteiger partial charge in [0.1, 0.15) is 0 Å². The SMILES string of the molecule is CC(C(=O)N(C1CCC(CCO)CC1)C1CC1)c1ccccc1. The van der Waals surface area contributed by atoms with E-state index in [1.165, 1.54) is 12.8 Å². The van der Waals surface area contributed by atoms with Gasteiger partial charge >= 0.3 is 0 Å². The molecule has 1 atom stereocenters. The maximum Gasteiger partial charge on any atom is 0.230 e. The van der Waals surface area contributed by atoms with Gasteiger partial charge in [0.15, 0.2) is 0 Å². The Labute approximate surface area is 139 Å². The molecule has 1 aromatic carbocycles. The highest BCUT2D eigenvalue weighted by molar-refractivity contribution is 5.84. The first-order valence-electron chi connectivity index (χ1n) is 9.18. The van der Waals surface area contributed by atoms with Crippen molar-refractivity contribution in [3.8, 4) is 0 Å². The van der Waals surface area contributed by atoms with Crippen LogP contribution < -0.4 is 0 Å². The number of hydrogen-bond acceptors (Lipinski definition) is 2. The number of nitrogens with zero attached hydrogens (tertiary/aromatic N) is 1. The van der Waals surface area contributed by atoms with Crippen molar-refractivity contribution in [2.24, 2.45) is 5.92 Å². The minimum absolute atomic E-state index is 0.0491. The second-order valence-corrected chi connectivity index (χ2v) is 7.30. The summed E-state index contributed by atoms with van der Waals surface area (Å²) in [5, 5.41) is 9.11. The number of carbonyl (C=O) groups excluding carboxylic acids is 1. The topological polar surface area (TPSA) is 40.5 Å². The van der Waals surface area contributed by atoms with Crippen LogP contribution in [0.2, 0.25) is 0 Å². The van der Waals surface area contributed by atoms with Gasteiger partial charge < -0.3 is 10.0 Å². The summed E-state index contributed by atoms with van der Waals surface area (Å²) in [5.41, 5.74) is 1.12. The third-order valence-electron chi connectivity index (χ3n) is 5.61. The highest BCUT2D eigenvalue weighted by atomic mass is 16.3. The predicted octanol–water partition coefficient (Wildman–Crippen LogP) is 3.72. The molecule has 2 fully saturated rings. The highest BCUT2D eigenvalue weighted by Gasteiger charge is 2.40. The summed E-state index contributed by atoms with van der Waals surface area (Å²) in [6.07, 6.45) is 7.78. The minimum atomic E-state index is -0.0491. The van der Waals surface area contributed by atoms with Crippen LogP contribution in [0.15, 0.2) is 30.3 Å². The van der Waals surface area contributed by atoms with Crippen LogP contribution in [-0.4, -0.2) is 34.6 Å². The monoisotopic (exact) mass is 315 g/mol. The molecule has 1 amide bonds. The van der Waals surface area contributed by atoms with Gasteiger partial charge in [0, 0.05) is 18.7 Å². The molecule has 126 valence electrons. The van der Waals surface area contributed by atoms with E-state index in [4.69, 9.17) is 5.11 Å². The first-order valence-corrected chi connectivity index (χ1v) is 9.18. The second kappa shape index (κ2) is 7.48. The van der Waals surface area contributed by atoms with E-state index >= 15 is 0 Å². The Morgan fingerprint density at radius 3 is 2.17 bits per heavy atom. The number of aliphatic hydroxyl groups is 1. The standard InChI is InChI=1S/C20H29NO2/c1-15(17-5-3-2-4-6-17)20(23)21(19-11-12-19)18-9-7-16(8-10-18)13-14-22/h2-6,15-16,18-19,22H,7-14H2,1H3. The Balaban J connectivity index is 1.66. The molecule has 0 aliphatic heterocycles. The van der Waals surface area contributed by atoms with E-state index in [0.717, 1.165) is 37.7 Å². The van der Waals surface area contributed by atoms with E-state index < -0.39 is 0 Å². The fraction of sp³-hybridized carbons (Fsp3) is 0.650. The van der Waals surface area contributed by atoms with E-state index in [0.29, 0.717) is 30.5 Å². The quantitative estimate of drug-likeness (QED) is 0.869. The Morgan fingerprint density at radius 2 is 1.65 bits per heavy atom. The van der Waals surface area contributed by atoms with Crippen molar-refractivity contribution in [2.45, 2.75) is 69.9 Å². The maximum atomic E-state index is 13.1. The molecule has 1 unspecified atom stereocenters. The van der Waals surface area contributed by atoms with E-state index in [1.807, 2.05) is 25.1 Å². The van der Waals surface area contributed by atoms with Gasteiger partial charge in [0.25, 0.3) is 0 Å². The Bertz CT molecular complexity index is 504. The first-order chi connectivity index (χ1) is 11.2. The number of amides is 1. The lowest BCUT2D eigenvalue weighted by Gasteiger charge is -2.38. The molecule has 0 saturated heterocycles. The normalized spacial score (nSPS) is 25.8. The van der Waals surface area contributed by atoms with Gasteiger partial charge in [-0.2, -0.15) is 0 Å². The van der Waals surface area contributed by atoms with E-state index in [1.54, 1.807) is 0 Å². The number of rotatable bonds is 6. The van der Waals surface area contributed by atoms with Crippen molar-refractivity contribution >= 4 is 5.91 Å². The van der Waals surface area contributed by atoms with Crippen LogP contribution in [0.3, 0.4) is 0 Å². The molecule has 3 nitrogen and oxygen atoms in total. The molecule has 0 radical (unpaired) electrons. The van der Waals surface area contributed by atoms with Crippen LogP contribution in [0.1, 0.15) is 63.4 Å². The van der Waals surface area contributed by atoms with Crippen LogP contribution in [0.25, 0.3) is 0 Å². The van der Waals surface area contributed by atoms with Crippen molar-refractivity contribution in [1.82, 2.24) is 4.90 Å². The average molecular weight is 315 g/mol. The van der Waals surface area contributed by atoms with E-state index in [9.17, 15) is 4.79 Å². The molecule has 0 spiro atoms. The van der Waals surface area contributed by atoms with Crippen molar-refractivity contribution in [1.29, 1.82) is 0 Å². The number of benzene rings is 1. The number of aliphatic hydroxyl groups excluding tert-OH is 1. The van der Waals surface area contributed by atoms with Gasteiger partial charge in [-0.3, -0.25) is 4.79 Å². The molecule has 0 aromatic heterocycles. The van der Waals surface area contributed by atoms with Crippen LogP contribution in [-0.2, 0) is 4.79 Å². The highest BCUT2D eigenvalue weighted by Crippen LogP contribution is 2.38. The molecule has 2 saturated carbocycles. The molecule has 0 bridgehead atoms. The minimum Gasteiger partial charge on any atom is -0.396 e. The lowest BCUT2D eigenvalue weighted by Crippen LogP contribution is -2.45. The van der Waals surface area contributed by atoms with E-state index in [2.05, 4.69) is 17.0 Å². The fourth-order valence-corrected chi connectivity index (χ4v) is 4.01. The summed E-state index contributed by atoms with van der Waals surface area (Å²) in [6, 6.07) is 11.0. The van der Waals surface area contributed by atoms with Crippen LogP contribution in [0.5, 0.6) is 0 Å². The summed E-state index contributed by atoms with van der Waals surface area (Å²) < 4.78 is 0. The summed E-state index contributed by atoms with van der Waals surface area (Å²) in [6.45, 7) is 2.34. The largest absolute Gasteiger partial charge is 0.396 e. The van der Waals surface area contributed by atoms with Crippen molar-refractivity contribution in [3.63, 3.8) is 0 Å². The van der Waals surface area contributed by atoms with Crippen LogP contribution in [0.4, 0.5) is 0 Å². The summed E-state index contributed by atoms with van der Waals surface area (Å²) >= 11 is 0. The summed E-state index contributed by atoms with van der Waals surface area (Å²) in [7, 11) is 0. The van der Waals surface area contributed by atoms with Crippen LogP contribution in [0, 0.1) is 5.92 Å². The Morgan fingerprint density at radius 1 is 1.09 bits per heavy atom. The lowest BCUT2D eigenvalue weighted by molar-refractivity contribution is -0.136. The smallest absolute Gasteiger partial charge is 0.230 e. The van der Waals surface area contributed by atoms with Crippen molar-refractivity contribution in [2.75, 3.05) is 6.61 Å². The molecular formula is C20H29NO2. The molecule has 1 aromatic rings. The van der Waals surface area contributed by atoms with Gasteiger partial charge in [-0.1, -0.05) is 30.3 Å². The molecule has 23 heavy (non-hydrogen) atoms. The first kappa shape index (κ1) is 16.5. The summed E-state index contributed by atoms with van der Waals surface area (Å²) in [5.74, 6) is 0.912. The van der Waals surface area contributed by atoms with Crippen molar-refractivity contribution in [3.05, 3.63) is 35.9 Å². The molecule has 3 heteroatoms. The molecule has 1 N–H and O–H groups in total. The van der Waals surface area contributed by atoms with Crippen LogP contribution >= 0.6 is 0 Å². The van der Waals surface area contributed by atoms with Gasteiger partial charge in [-0.15, -0.1) is 0 Å². The van der Waals surface area contributed by atoms with Gasteiger partial charge in [-0.25, -0.2) is 0 Å². The molecular weight excluding hydrogens is 286 g/mol. The zero-order valence-corrected chi connectivity index (χ0v) is 14.2. The zero-order valence-electron chi connectivity index (χ0n) is 14.2. The third kappa shape index (κ3) is 3.95. The fourth-order valence-electron chi connectivity index (χ4n) is 4.01. The molecule has 2 aliphatic rings. The lowest BCUT2D eigenvalue weighted by atomic mass is 9.83. The summed E-state index contributed by atoms with van der Waals surface area (Å²) in [4.78, 5) is 15.3.